The molecule has 2 N–H and O–H groups in total. The SMILES string of the molecule is CC(C)(Cn1ccc(S(=O)(=O)NC(=O)Nc2c3c(cc4c2CCC4)CCC3)n1)B1OC(C)(C)C(C)(C)O1. The van der Waals surface area contributed by atoms with Crippen LogP contribution in [-0.4, -0.2) is 42.5 Å². The third kappa shape index (κ3) is 4.81. The highest BCUT2D eigenvalue weighted by Crippen LogP contribution is 2.45. The topological polar surface area (TPSA) is 112 Å². The van der Waals surface area contributed by atoms with Gasteiger partial charge in [0.2, 0.25) is 0 Å². The lowest BCUT2D eigenvalue weighted by atomic mass is 9.59. The van der Waals surface area contributed by atoms with Crippen molar-refractivity contribution in [3.05, 3.63) is 40.6 Å². The van der Waals surface area contributed by atoms with Crippen molar-refractivity contribution >= 4 is 28.9 Å². The van der Waals surface area contributed by atoms with Gasteiger partial charge in [0.25, 0.3) is 10.0 Å². The minimum atomic E-state index is -4.16. The van der Waals surface area contributed by atoms with E-state index in [1.165, 1.54) is 17.2 Å². The van der Waals surface area contributed by atoms with E-state index < -0.39 is 39.7 Å². The minimum absolute atomic E-state index is 0.212. The van der Waals surface area contributed by atoms with Crippen LogP contribution in [0.2, 0.25) is 5.31 Å². The molecule has 5 rings (SSSR count). The Labute approximate surface area is 219 Å². The summed E-state index contributed by atoms with van der Waals surface area (Å²) in [4.78, 5) is 12.9. The standard InChI is InChI=1S/C26H37BN4O5S/c1-24(2,27-35-25(3,4)26(5,6)36-27)16-31-14-13-21(29-31)37(33,34)30-23(32)28-22-19-11-7-9-17(19)15-18-10-8-12-20(18)22/h13-15H,7-12,16H2,1-6H3,(H2,28,30,32). The molecule has 0 spiro atoms. The molecule has 2 heterocycles. The molecule has 1 aromatic heterocycles. The zero-order chi connectivity index (χ0) is 26.8. The normalized spacial score (nSPS) is 20.1. The van der Waals surface area contributed by atoms with Gasteiger partial charge in [-0.1, -0.05) is 19.9 Å². The number of amides is 2. The first-order valence-corrected chi connectivity index (χ1v) is 14.6. The molecule has 1 aromatic carbocycles. The number of benzene rings is 1. The van der Waals surface area contributed by atoms with Gasteiger partial charge in [-0.15, -0.1) is 0 Å². The summed E-state index contributed by atoms with van der Waals surface area (Å²) in [6.45, 7) is 12.3. The van der Waals surface area contributed by atoms with Crippen molar-refractivity contribution in [2.45, 2.75) is 108 Å². The van der Waals surface area contributed by atoms with E-state index in [9.17, 15) is 13.2 Å². The predicted molar refractivity (Wildman–Crippen MR) is 142 cm³/mol. The molecule has 37 heavy (non-hydrogen) atoms. The van der Waals surface area contributed by atoms with E-state index in [4.69, 9.17) is 9.31 Å². The molecule has 11 heteroatoms. The fraction of sp³-hybridized carbons (Fsp3) is 0.615. The van der Waals surface area contributed by atoms with Crippen molar-refractivity contribution in [1.29, 1.82) is 0 Å². The van der Waals surface area contributed by atoms with Crippen LogP contribution < -0.4 is 10.0 Å². The highest BCUT2D eigenvalue weighted by molar-refractivity contribution is 7.90. The molecule has 1 fully saturated rings. The number of nitrogens with zero attached hydrogens (tertiary/aromatic N) is 2. The summed E-state index contributed by atoms with van der Waals surface area (Å²) in [5.41, 5.74) is 4.67. The number of sulfonamides is 1. The summed E-state index contributed by atoms with van der Waals surface area (Å²) >= 11 is 0. The number of hydrogen-bond donors (Lipinski definition) is 2. The van der Waals surface area contributed by atoms with Crippen molar-refractivity contribution < 1.29 is 22.5 Å². The maximum atomic E-state index is 13.0. The Morgan fingerprint density at radius 1 is 1.05 bits per heavy atom. The number of carbonyl (C=O) groups is 1. The van der Waals surface area contributed by atoms with Crippen molar-refractivity contribution in [2.24, 2.45) is 0 Å². The Balaban J connectivity index is 1.28. The highest BCUT2D eigenvalue weighted by atomic mass is 32.2. The average molecular weight is 528 g/mol. The van der Waals surface area contributed by atoms with Crippen LogP contribution in [0.3, 0.4) is 0 Å². The monoisotopic (exact) mass is 528 g/mol. The quantitative estimate of drug-likeness (QED) is 0.543. The van der Waals surface area contributed by atoms with Crippen LogP contribution in [0.1, 0.15) is 76.6 Å². The van der Waals surface area contributed by atoms with Gasteiger partial charge in [-0.3, -0.25) is 4.68 Å². The summed E-state index contributed by atoms with van der Waals surface area (Å²) in [6.07, 6.45) is 7.48. The van der Waals surface area contributed by atoms with Gasteiger partial charge < -0.3 is 14.6 Å². The van der Waals surface area contributed by atoms with E-state index in [0.29, 0.717) is 6.54 Å². The molecule has 0 radical (unpaired) electrons. The molecule has 2 aliphatic carbocycles. The van der Waals surface area contributed by atoms with Gasteiger partial charge in [0.05, 0.1) is 11.2 Å². The lowest BCUT2D eigenvalue weighted by Crippen LogP contribution is -2.41. The van der Waals surface area contributed by atoms with Crippen molar-refractivity contribution in [1.82, 2.24) is 14.5 Å². The molecule has 1 saturated heterocycles. The van der Waals surface area contributed by atoms with Gasteiger partial charge >= 0.3 is 13.1 Å². The molecular weight excluding hydrogens is 491 g/mol. The van der Waals surface area contributed by atoms with Gasteiger partial charge in [0.15, 0.2) is 5.03 Å². The maximum Gasteiger partial charge on any atom is 0.465 e. The number of fused-ring (bicyclic) bond motifs is 2. The van der Waals surface area contributed by atoms with E-state index in [2.05, 4.69) is 21.2 Å². The van der Waals surface area contributed by atoms with Crippen LogP contribution >= 0.6 is 0 Å². The molecule has 0 atom stereocenters. The second kappa shape index (κ2) is 8.85. The van der Waals surface area contributed by atoms with E-state index in [1.807, 2.05) is 41.5 Å². The van der Waals surface area contributed by atoms with Crippen molar-refractivity contribution in [2.75, 3.05) is 5.32 Å². The summed E-state index contributed by atoms with van der Waals surface area (Å²) in [7, 11) is -4.64. The van der Waals surface area contributed by atoms with Crippen LogP contribution in [0.25, 0.3) is 0 Å². The molecule has 0 unspecified atom stereocenters. The van der Waals surface area contributed by atoms with E-state index >= 15 is 0 Å². The van der Waals surface area contributed by atoms with Crippen LogP contribution in [0.5, 0.6) is 0 Å². The van der Waals surface area contributed by atoms with Crippen LogP contribution in [0, 0.1) is 0 Å². The number of aryl methyl sites for hydroxylation is 2. The van der Waals surface area contributed by atoms with E-state index in [-0.39, 0.29) is 5.03 Å². The largest absolute Gasteiger partial charge is 0.465 e. The molecular formula is C26H37BN4O5S. The smallest absolute Gasteiger partial charge is 0.403 e. The Morgan fingerprint density at radius 3 is 2.19 bits per heavy atom. The molecule has 0 saturated carbocycles. The number of anilines is 1. The first kappa shape index (κ1) is 26.3. The summed E-state index contributed by atoms with van der Waals surface area (Å²) in [5, 5.41) is 6.43. The minimum Gasteiger partial charge on any atom is -0.403 e. The van der Waals surface area contributed by atoms with Gasteiger partial charge in [-0.2, -0.15) is 13.5 Å². The lowest BCUT2D eigenvalue weighted by Gasteiger charge is -2.32. The second-order valence-corrected chi connectivity index (χ2v) is 13.9. The molecule has 2 aromatic rings. The third-order valence-corrected chi connectivity index (χ3v) is 9.51. The fourth-order valence-corrected chi connectivity index (χ4v) is 6.36. The van der Waals surface area contributed by atoms with Crippen LogP contribution in [0.15, 0.2) is 23.4 Å². The molecule has 2 amide bonds. The first-order valence-electron chi connectivity index (χ1n) is 13.1. The zero-order valence-corrected chi connectivity index (χ0v) is 23.4. The Bertz CT molecular complexity index is 1300. The number of hydrogen-bond acceptors (Lipinski definition) is 6. The molecule has 200 valence electrons. The molecule has 3 aliphatic rings. The Kier molecular flexibility index (Phi) is 6.28. The highest BCUT2D eigenvalue weighted by Gasteiger charge is 2.56. The number of urea groups is 1. The Morgan fingerprint density at radius 2 is 1.62 bits per heavy atom. The summed E-state index contributed by atoms with van der Waals surface area (Å²) in [5.74, 6) is 0. The maximum absolute atomic E-state index is 13.0. The van der Waals surface area contributed by atoms with E-state index in [0.717, 1.165) is 55.3 Å². The number of nitrogens with one attached hydrogen (secondary N) is 2. The van der Waals surface area contributed by atoms with E-state index in [1.54, 1.807) is 10.9 Å². The second-order valence-electron chi connectivity index (χ2n) is 12.2. The van der Waals surface area contributed by atoms with Crippen LogP contribution in [-0.2, 0) is 51.6 Å². The van der Waals surface area contributed by atoms with Gasteiger partial charge in [-0.25, -0.2) is 9.52 Å². The Hall–Kier alpha value is -2.37. The van der Waals surface area contributed by atoms with Gasteiger partial charge in [0.1, 0.15) is 0 Å². The van der Waals surface area contributed by atoms with Crippen molar-refractivity contribution in [3.8, 4) is 0 Å². The van der Waals surface area contributed by atoms with Gasteiger partial charge in [-0.05, 0) is 94.5 Å². The summed E-state index contributed by atoms with van der Waals surface area (Å²) < 4.78 is 42.1. The molecule has 1 aliphatic heterocycles. The number of rotatable bonds is 6. The predicted octanol–water partition coefficient (Wildman–Crippen LogP) is 4.24. The number of carbonyl (C=O) groups excluding carboxylic acids is 1. The van der Waals surface area contributed by atoms with Crippen LogP contribution in [0.4, 0.5) is 10.5 Å². The average Bonchev–Trinajstić information content (AvgIpc) is 3.54. The zero-order valence-electron chi connectivity index (χ0n) is 22.6. The number of aromatic nitrogens is 2. The fourth-order valence-electron chi connectivity index (χ4n) is 5.51. The van der Waals surface area contributed by atoms with Gasteiger partial charge in [0, 0.05) is 23.7 Å². The third-order valence-electron chi connectivity index (χ3n) is 8.29. The van der Waals surface area contributed by atoms with Crippen molar-refractivity contribution in [3.63, 3.8) is 0 Å². The first-order chi connectivity index (χ1) is 17.2. The lowest BCUT2D eigenvalue weighted by molar-refractivity contribution is 0.00578. The summed E-state index contributed by atoms with van der Waals surface area (Å²) in [6, 6.07) is 2.90. The molecule has 9 nitrogen and oxygen atoms in total. The molecule has 0 bridgehead atoms.